The minimum Gasteiger partial charge on any atom is -0.456 e. The van der Waals surface area contributed by atoms with E-state index in [0.717, 1.165) is 63.0 Å². The Morgan fingerprint density at radius 2 is 1.53 bits per heavy atom. The summed E-state index contributed by atoms with van der Waals surface area (Å²) < 4.78 is 6.48. The maximum atomic E-state index is 6.48. The molecule has 0 amide bonds. The van der Waals surface area contributed by atoms with Gasteiger partial charge in [-0.3, -0.25) is 0 Å². The van der Waals surface area contributed by atoms with Gasteiger partial charge >= 0.3 is 0 Å². The number of fused-ring (bicyclic) bond motifs is 5. The molecule has 0 saturated carbocycles. The number of nitrogens with zero attached hydrogens (tertiary/aromatic N) is 1. The Morgan fingerprint density at radius 1 is 0.667 bits per heavy atom. The van der Waals surface area contributed by atoms with Gasteiger partial charge in [0.1, 0.15) is 11.2 Å². The van der Waals surface area contributed by atoms with Gasteiger partial charge in [0, 0.05) is 21.9 Å². The molecule has 0 radical (unpaired) electrons. The molecule has 0 fully saturated rings. The van der Waals surface area contributed by atoms with E-state index in [-0.39, 0.29) is 6.04 Å². The van der Waals surface area contributed by atoms with E-state index >= 15 is 0 Å². The lowest BCUT2D eigenvalue weighted by atomic mass is 9.79. The summed E-state index contributed by atoms with van der Waals surface area (Å²) in [4.78, 5) is 5.22. The zero-order valence-electron chi connectivity index (χ0n) is 24.9. The number of rotatable bonds is 4. The Balaban J connectivity index is 1.11. The average Bonchev–Trinajstić information content (AvgIpc) is 3.48. The van der Waals surface area contributed by atoms with Crippen LogP contribution in [0.25, 0.3) is 49.7 Å². The molecule has 1 aromatic heterocycles. The van der Waals surface area contributed by atoms with Gasteiger partial charge in [-0.15, -0.1) is 0 Å². The topological polar surface area (TPSA) is 37.5 Å². The first kappa shape index (κ1) is 26.0. The first-order chi connectivity index (χ1) is 22.3. The Bertz CT molecular complexity index is 2260. The van der Waals surface area contributed by atoms with Crippen LogP contribution in [0.15, 0.2) is 155 Å². The summed E-state index contributed by atoms with van der Waals surface area (Å²) in [6.45, 7) is 0. The SMILES string of the molecule is C1=CCC(C2C=CC=C(c3ccc4oc5cc(C6=C(c7ccc8ccccc8c7)NC7C=CC=CC7=N6)ccc5c4c3)C2)C=C1. The predicted molar refractivity (Wildman–Crippen MR) is 189 cm³/mol. The smallest absolute Gasteiger partial charge is 0.136 e. The fraction of sp³-hybridized carbons (Fsp3) is 0.119. The van der Waals surface area contributed by atoms with Crippen molar-refractivity contribution in [3.05, 3.63) is 162 Å². The van der Waals surface area contributed by atoms with Crippen molar-refractivity contribution in [2.75, 3.05) is 0 Å². The number of nitrogens with one attached hydrogen (secondary N) is 1. The molecule has 2 heterocycles. The van der Waals surface area contributed by atoms with Crippen molar-refractivity contribution in [2.45, 2.75) is 18.9 Å². The van der Waals surface area contributed by atoms with Crippen LogP contribution in [-0.2, 0) is 0 Å². The highest BCUT2D eigenvalue weighted by molar-refractivity contribution is 6.12. The number of benzene rings is 4. The Labute approximate surface area is 262 Å². The highest BCUT2D eigenvalue weighted by Gasteiger charge is 2.25. The molecule has 45 heavy (non-hydrogen) atoms. The van der Waals surface area contributed by atoms with Crippen LogP contribution in [-0.4, -0.2) is 11.8 Å². The summed E-state index contributed by atoms with van der Waals surface area (Å²) in [5.74, 6) is 1.09. The van der Waals surface area contributed by atoms with Crippen LogP contribution in [0.3, 0.4) is 0 Å². The van der Waals surface area contributed by atoms with E-state index in [2.05, 4.69) is 151 Å². The second kappa shape index (κ2) is 10.6. The molecule has 0 bridgehead atoms. The van der Waals surface area contributed by atoms with Gasteiger partial charge < -0.3 is 9.73 Å². The van der Waals surface area contributed by atoms with Crippen molar-refractivity contribution in [3.8, 4) is 0 Å². The summed E-state index contributed by atoms with van der Waals surface area (Å²) in [6.07, 6.45) is 26.4. The monoisotopic (exact) mass is 580 g/mol. The Hall–Kier alpha value is -5.41. The molecule has 3 unspecified atom stereocenters. The molecule has 1 N–H and O–H groups in total. The second-order valence-electron chi connectivity index (χ2n) is 12.4. The standard InChI is InChI=1S/C42H32N2O/c1-2-9-27(10-3-1)30-13-8-14-31(23-30)32-20-22-39-36(25-32)35-21-19-34(26-40(35)45-39)42-41(43-37-15-6-7-16-38(37)44-42)33-18-17-28-11-4-5-12-29(28)24-33/h1-9,11-22,24-27,30,37,43H,10,23H2. The van der Waals surface area contributed by atoms with Crippen LogP contribution >= 0.6 is 0 Å². The van der Waals surface area contributed by atoms with Crippen molar-refractivity contribution in [2.24, 2.45) is 16.8 Å². The molecule has 4 aromatic carbocycles. The molecule has 9 rings (SSSR count). The Kier molecular flexibility index (Phi) is 6.15. The van der Waals surface area contributed by atoms with Gasteiger partial charge in [-0.1, -0.05) is 109 Å². The van der Waals surface area contributed by atoms with E-state index in [0.29, 0.717) is 11.8 Å². The predicted octanol–water partition coefficient (Wildman–Crippen LogP) is 10.2. The van der Waals surface area contributed by atoms with E-state index in [1.165, 1.54) is 21.9 Å². The molecule has 4 aliphatic rings. The number of hydrogen-bond donors (Lipinski definition) is 1. The number of allylic oxidation sites excluding steroid dienone is 10. The van der Waals surface area contributed by atoms with Crippen molar-refractivity contribution in [3.63, 3.8) is 0 Å². The first-order valence-corrected chi connectivity index (χ1v) is 15.9. The van der Waals surface area contributed by atoms with Crippen LogP contribution in [0.5, 0.6) is 0 Å². The third kappa shape index (κ3) is 4.63. The lowest BCUT2D eigenvalue weighted by molar-refractivity contribution is 0.483. The van der Waals surface area contributed by atoms with Crippen molar-refractivity contribution >= 4 is 55.4 Å². The van der Waals surface area contributed by atoms with Gasteiger partial charge in [-0.25, -0.2) is 4.99 Å². The van der Waals surface area contributed by atoms with Crippen molar-refractivity contribution < 1.29 is 4.42 Å². The molecular weight excluding hydrogens is 548 g/mol. The molecule has 0 spiro atoms. The third-order valence-corrected chi connectivity index (χ3v) is 9.61. The zero-order valence-corrected chi connectivity index (χ0v) is 24.9. The summed E-state index contributed by atoms with van der Waals surface area (Å²) in [5, 5.41) is 8.51. The van der Waals surface area contributed by atoms with Crippen LogP contribution < -0.4 is 5.32 Å². The van der Waals surface area contributed by atoms with Gasteiger partial charge in [0.25, 0.3) is 0 Å². The maximum absolute atomic E-state index is 6.48. The third-order valence-electron chi connectivity index (χ3n) is 9.61. The molecule has 3 atom stereocenters. The minimum atomic E-state index is 0.0442. The van der Waals surface area contributed by atoms with Gasteiger partial charge in [0.15, 0.2) is 0 Å². The molecule has 216 valence electrons. The summed E-state index contributed by atoms with van der Waals surface area (Å²) in [7, 11) is 0. The highest BCUT2D eigenvalue weighted by Crippen LogP contribution is 2.39. The fourth-order valence-electron chi connectivity index (χ4n) is 7.20. The number of aliphatic imine (C=N–C) groups is 1. The van der Waals surface area contributed by atoms with Gasteiger partial charge in [-0.05, 0) is 83.0 Å². The maximum Gasteiger partial charge on any atom is 0.136 e. The molecule has 3 nitrogen and oxygen atoms in total. The molecular formula is C42H32N2O. The van der Waals surface area contributed by atoms with Gasteiger partial charge in [-0.2, -0.15) is 0 Å². The van der Waals surface area contributed by atoms with Crippen LogP contribution in [0.2, 0.25) is 0 Å². The van der Waals surface area contributed by atoms with E-state index < -0.39 is 0 Å². The van der Waals surface area contributed by atoms with E-state index in [4.69, 9.17) is 9.41 Å². The van der Waals surface area contributed by atoms with E-state index in [9.17, 15) is 0 Å². The summed E-state index contributed by atoms with van der Waals surface area (Å²) in [6, 6.07) is 28.4. The first-order valence-electron chi connectivity index (χ1n) is 15.9. The lowest BCUT2D eigenvalue weighted by Gasteiger charge is -2.28. The number of hydrogen-bond acceptors (Lipinski definition) is 3. The van der Waals surface area contributed by atoms with Crippen molar-refractivity contribution in [1.82, 2.24) is 5.32 Å². The molecule has 0 saturated heterocycles. The van der Waals surface area contributed by atoms with Gasteiger partial charge in [0.05, 0.1) is 23.1 Å². The lowest BCUT2D eigenvalue weighted by Crippen LogP contribution is -2.37. The minimum absolute atomic E-state index is 0.0442. The largest absolute Gasteiger partial charge is 0.456 e. The summed E-state index contributed by atoms with van der Waals surface area (Å²) >= 11 is 0. The molecule has 3 heteroatoms. The molecule has 1 aliphatic heterocycles. The second-order valence-corrected chi connectivity index (χ2v) is 12.4. The fourth-order valence-corrected chi connectivity index (χ4v) is 7.20. The van der Waals surface area contributed by atoms with Crippen LogP contribution in [0.1, 0.15) is 29.5 Å². The quantitative estimate of drug-likeness (QED) is 0.230. The zero-order chi connectivity index (χ0) is 29.7. The Morgan fingerprint density at radius 3 is 2.47 bits per heavy atom. The van der Waals surface area contributed by atoms with Crippen LogP contribution in [0, 0.1) is 11.8 Å². The van der Waals surface area contributed by atoms with E-state index in [1.807, 2.05) is 0 Å². The van der Waals surface area contributed by atoms with Gasteiger partial charge in [0.2, 0.25) is 0 Å². The normalized spacial score (nSPS) is 22.2. The molecule has 5 aromatic rings. The molecule has 3 aliphatic carbocycles. The average molecular weight is 581 g/mol. The van der Waals surface area contributed by atoms with E-state index in [1.54, 1.807) is 0 Å². The highest BCUT2D eigenvalue weighted by atomic mass is 16.3. The van der Waals surface area contributed by atoms with Crippen molar-refractivity contribution in [1.29, 1.82) is 0 Å². The number of furan rings is 1. The van der Waals surface area contributed by atoms with Crippen LogP contribution in [0.4, 0.5) is 0 Å². The summed E-state index contributed by atoms with van der Waals surface area (Å²) in [5.41, 5.74) is 9.56.